The molecule has 0 radical (unpaired) electrons. The van der Waals surface area contributed by atoms with Crippen LogP contribution in [0, 0.1) is 0 Å². The van der Waals surface area contributed by atoms with Crippen LogP contribution in [0.4, 0.5) is 4.39 Å². The van der Waals surface area contributed by atoms with E-state index >= 15 is 0 Å². The van der Waals surface area contributed by atoms with Gasteiger partial charge in [0.15, 0.2) is 0 Å². The third-order valence-corrected chi connectivity index (χ3v) is 8.30. The lowest BCUT2D eigenvalue weighted by Crippen LogP contribution is -2.26. The Morgan fingerprint density at radius 1 is 1.03 bits per heavy atom. The maximum atomic E-state index is 12.5. The minimum Gasteiger partial charge on any atom is -0.508 e. The Morgan fingerprint density at radius 2 is 1.89 bits per heavy atom. The van der Waals surface area contributed by atoms with Gasteiger partial charge in [0.2, 0.25) is 0 Å². The fourth-order valence-corrected chi connectivity index (χ4v) is 6.35. The topological polar surface area (TPSA) is 45.6 Å². The van der Waals surface area contributed by atoms with Crippen molar-refractivity contribution in [3.63, 3.8) is 0 Å². The number of allylic oxidation sites excluding steroid dienone is 1. The highest BCUT2D eigenvalue weighted by molar-refractivity contribution is 7.13. The monoisotopic (exact) mass is 514 g/mol. The lowest BCUT2D eigenvalue weighted by Gasteiger charge is -2.19. The first-order valence-electron chi connectivity index (χ1n) is 13.1. The second-order valence-corrected chi connectivity index (χ2v) is 10.9. The molecule has 0 spiro atoms. The van der Waals surface area contributed by atoms with Crippen LogP contribution in [0.1, 0.15) is 47.9 Å². The molecule has 190 valence electrons. The molecule has 0 unspecified atom stereocenters. The molecule has 3 aromatic carbocycles. The molecule has 1 aliphatic heterocycles. The first-order chi connectivity index (χ1) is 18.2. The number of ether oxygens (including phenoxy) is 1. The Bertz CT molecular complexity index is 1430. The van der Waals surface area contributed by atoms with Gasteiger partial charge in [0.1, 0.15) is 17.6 Å². The van der Waals surface area contributed by atoms with Gasteiger partial charge in [-0.15, -0.1) is 0 Å². The largest absolute Gasteiger partial charge is 0.508 e. The zero-order valence-electron chi connectivity index (χ0n) is 20.8. The van der Waals surface area contributed by atoms with Crippen molar-refractivity contribution < 1.29 is 14.2 Å². The summed E-state index contributed by atoms with van der Waals surface area (Å²) >= 11 is 1.52. The van der Waals surface area contributed by atoms with E-state index in [9.17, 15) is 9.50 Å². The molecule has 1 fully saturated rings. The van der Waals surface area contributed by atoms with Crippen molar-refractivity contribution in [2.75, 3.05) is 26.3 Å². The van der Waals surface area contributed by atoms with E-state index < -0.39 is 0 Å². The molecule has 1 N–H and O–H groups in total. The second kappa shape index (κ2) is 10.6. The first kappa shape index (κ1) is 24.1. The number of phenols is 1. The van der Waals surface area contributed by atoms with Crippen LogP contribution >= 0.6 is 11.5 Å². The van der Waals surface area contributed by atoms with Gasteiger partial charge in [0.05, 0.1) is 11.4 Å². The highest BCUT2D eigenvalue weighted by Crippen LogP contribution is 2.41. The number of hydrogen-bond acceptors (Lipinski definition) is 5. The van der Waals surface area contributed by atoms with Crippen LogP contribution < -0.4 is 4.74 Å². The number of benzene rings is 3. The Balaban J connectivity index is 1.35. The molecule has 0 amide bonds. The van der Waals surface area contributed by atoms with Crippen molar-refractivity contribution in [3.05, 3.63) is 89.1 Å². The summed E-state index contributed by atoms with van der Waals surface area (Å²) in [6.07, 6.45) is 6.57. The zero-order valence-corrected chi connectivity index (χ0v) is 21.6. The number of hydrogen-bond donors (Lipinski definition) is 1. The molecule has 1 saturated heterocycles. The van der Waals surface area contributed by atoms with E-state index in [0.29, 0.717) is 12.2 Å². The summed E-state index contributed by atoms with van der Waals surface area (Å²) in [7, 11) is 0. The maximum absolute atomic E-state index is 12.5. The predicted octanol–water partition coefficient (Wildman–Crippen LogP) is 7.11. The van der Waals surface area contributed by atoms with Crippen LogP contribution in [0.5, 0.6) is 11.5 Å². The van der Waals surface area contributed by atoms with Crippen molar-refractivity contribution in [1.29, 1.82) is 0 Å². The third kappa shape index (κ3) is 5.13. The van der Waals surface area contributed by atoms with Gasteiger partial charge in [-0.2, -0.15) is 4.37 Å². The first-order valence-corrected chi connectivity index (χ1v) is 13.9. The maximum Gasteiger partial charge on any atom is 0.119 e. The Morgan fingerprint density at radius 3 is 2.76 bits per heavy atom. The Hall–Kier alpha value is -3.22. The van der Waals surface area contributed by atoms with E-state index in [4.69, 9.17) is 4.74 Å². The van der Waals surface area contributed by atoms with E-state index in [0.717, 1.165) is 56.6 Å². The molecule has 2 heterocycles. The molecule has 1 atom stereocenters. The minimum absolute atomic E-state index is 0.146. The average molecular weight is 515 g/mol. The molecule has 2 aliphatic rings. The second-order valence-electron chi connectivity index (χ2n) is 10.0. The molecule has 4 aromatic rings. The van der Waals surface area contributed by atoms with Gasteiger partial charge in [0, 0.05) is 31.2 Å². The van der Waals surface area contributed by atoms with E-state index in [-0.39, 0.29) is 12.8 Å². The number of aromatic hydroxyl groups is 1. The third-order valence-electron chi connectivity index (χ3n) is 7.52. The van der Waals surface area contributed by atoms with Crippen molar-refractivity contribution in [3.8, 4) is 11.5 Å². The van der Waals surface area contributed by atoms with Crippen LogP contribution in [0.2, 0.25) is 0 Å². The summed E-state index contributed by atoms with van der Waals surface area (Å²) in [4.78, 5) is 2.29. The molecule has 1 aliphatic carbocycles. The van der Waals surface area contributed by atoms with Gasteiger partial charge in [0.25, 0.3) is 0 Å². The molecule has 37 heavy (non-hydrogen) atoms. The van der Waals surface area contributed by atoms with Gasteiger partial charge in [-0.05, 0) is 113 Å². The van der Waals surface area contributed by atoms with Crippen LogP contribution in [0.15, 0.2) is 66.9 Å². The predicted molar refractivity (Wildman–Crippen MR) is 149 cm³/mol. The minimum atomic E-state index is -0.262. The lowest BCUT2D eigenvalue weighted by atomic mass is 9.87. The quantitative estimate of drug-likeness (QED) is 0.285. The number of alkyl halides is 1. The van der Waals surface area contributed by atoms with Crippen LogP contribution in [0.25, 0.3) is 21.2 Å². The molecule has 6 rings (SSSR count). The summed E-state index contributed by atoms with van der Waals surface area (Å²) in [6, 6.07) is 20.9. The van der Waals surface area contributed by atoms with Gasteiger partial charge in [-0.25, -0.2) is 0 Å². The molecular weight excluding hydrogens is 483 g/mol. The van der Waals surface area contributed by atoms with E-state index in [1.54, 1.807) is 6.07 Å². The number of nitrogens with zero attached hydrogens (tertiary/aromatic N) is 2. The standard InChI is InChI=1S/C31H31FN2O2S/c32-14-2-15-34-16-13-27(20-34)36-26-9-5-21(6-10-26)31-28(23-7-12-30-24(17-23)19-33-37-30)4-1-3-22-18-25(35)8-11-29(22)31/h5-12,17-19,27,35H,1-4,13-16,20H2/t27-/m0/s1. The Kier molecular flexibility index (Phi) is 6.94. The van der Waals surface area contributed by atoms with Crippen LogP contribution in [0.3, 0.4) is 0 Å². The number of phenolic OH excluding ortho intramolecular Hbond substituents is 1. The molecule has 4 nitrogen and oxygen atoms in total. The van der Waals surface area contributed by atoms with Crippen molar-refractivity contribution in [2.24, 2.45) is 0 Å². The fraction of sp³-hybridized carbons (Fsp3) is 0.323. The summed E-state index contributed by atoms with van der Waals surface area (Å²) in [5.74, 6) is 1.18. The van der Waals surface area contributed by atoms with Crippen LogP contribution in [-0.4, -0.2) is 46.8 Å². The smallest absolute Gasteiger partial charge is 0.119 e. The highest BCUT2D eigenvalue weighted by atomic mass is 32.1. The normalized spacial score (nSPS) is 18.2. The summed E-state index contributed by atoms with van der Waals surface area (Å²) in [5, 5.41) is 11.4. The number of halogens is 1. The number of fused-ring (bicyclic) bond motifs is 2. The number of likely N-dealkylation sites (tertiary alicyclic amines) is 1. The van der Waals surface area contributed by atoms with E-state index in [2.05, 4.69) is 57.8 Å². The van der Waals surface area contributed by atoms with Gasteiger partial charge >= 0.3 is 0 Å². The lowest BCUT2D eigenvalue weighted by molar-refractivity contribution is 0.198. The molecular formula is C31H31FN2O2S. The van der Waals surface area contributed by atoms with E-state index in [1.165, 1.54) is 49.5 Å². The number of rotatable bonds is 7. The van der Waals surface area contributed by atoms with Crippen LogP contribution in [-0.2, 0) is 6.42 Å². The molecule has 0 saturated carbocycles. The molecule has 6 heteroatoms. The van der Waals surface area contributed by atoms with Crippen molar-refractivity contribution >= 4 is 32.8 Å². The van der Waals surface area contributed by atoms with E-state index in [1.807, 2.05) is 12.3 Å². The number of aryl methyl sites for hydroxylation is 1. The summed E-state index contributed by atoms with van der Waals surface area (Å²) < 4.78 is 24.4. The summed E-state index contributed by atoms with van der Waals surface area (Å²) in [5.41, 5.74) is 7.29. The average Bonchev–Trinajstić information content (AvgIpc) is 3.53. The number of aromatic nitrogens is 1. The zero-order chi connectivity index (χ0) is 25.2. The van der Waals surface area contributed by atoms with Gasteiger partial charge < -0.3 is 9.84 Å². The van der Waals surface area contributed by atoms with Crippen molar-refractivity contribution in [2.45, 2.75) is 38.2 Å². The fourth-order valence-electron chi connectivity index (χ4n) is 5.72. The van der Waals surface area contributed by atoms with Gasteiger partial charge in [-0.1, -0.05) is 24.3 Å². The van der Waals surface area contributed by atoms with Crippen molar-refractivity contribution in [1.82, 2.24) is 9.27 Å². The molecule has 0 bridgehead atoms. The Labute approximate surface area is 221 Å². The highest BCUT2D eigenvalue weighted by Gasteiger charge is 2.24. The SMILES string of the molecule is Oc1ccc2c(c1)CCCC(c1ccc3sncc3c1)=C2c1ccc(O[C@H]2CCN(CCCF)C2)cc1. The summed E-state index contributed by atoms with van der Waals surface area (Å²) in [6.45, 7) is 2.36. The van der Waals surface area contributed by atoms with Gasteiger partial charge in [-0.3, -0.25) is 9.29 Å². The molecule has 1 aromatic heterocycles.